The highest BCUT2D eigenvalue weighted by molar-refractivity contribution is 6.05. The van der Waals surface area contributed by atoms with E-state index in [1.54, 1.807) is 17.1 Å². The molecule has 1 aliphatic rings. The molecule has 2 N–H and O–H groups in total. The Morgan fingerprint density at radius 2 is 1.79 bits per heavy atom. The molecule has 0 spiro atoms. The van der Waals surface area contributed by atoms with Gasteiger partial charge < -0.3 is 10.6 Å². The molecule has 9 heteroatoms. The Labute approximate surface area is 227 Å². The predicted molar refractivity (Wildman–Crippen MR) is 155 cm³/mol. The molecule has 2 aromatic heterocycles. The Hall–Kier alpha value is -4.53. The second kappa shape index (κ2) is 11.5. The van der Waals surface area contributed by atoms with Gasteiger partial charge in [-0.15, -0.1) is 0 Å². The molecule has 4 aromatic rings. The lowest BCUT2D eigenvalue weighted by Gasteiger charge is -2.22. The van der Waals surface area contributed by atoms with Gasteiger partial charge in [0, 0.05) is 48.4 Å². The number of amides is 1. The van der Waals surface area contributed by atoms with Gasteiger partial charge in [0.1, 0.15) is 5.84 Å². The van der Waals surface area contributed by atoms with E-state index in [1.807, 2.05) is 59.6 Å². The fourth-order valence-corrected chi connectivity index (χ4v) is 4.92. The van der Waals surface area contributed by atoms with Gasteiger partial charge in [0.05, 0.1) is 30.4 Å². The molecule has 1 amide bonds. The molecule has 39 heavy (non-hydrogen) atoms. The normalized spacial score (nSPS) is 13.0. The molecule has 2 aromatic carbocycles. The lowest BCUT2D eigenvalue weighted by atomic mass is 9.99. The Kier molecular flexibility index (Phi) is 7.67. The van der Waals surface area contributed by atoms with Gasteiger partial charge in [-0.05, 0) is 54.3 Å². The van der Waals surface area contributed by atoms with Crippen molar-refractivity contribution in [1.29, 1.82) is 0 Å². The Morgan fingerprint density at radius 3 is 2.54 bits per heavy atom. The van der Waals surface area contributed by atoms with Crippen LogP contribution in [-0.4, -0.2) is 49.3 Å². The van der Waals surface area contributed by atoms with Crippen LogP contribution in [0, 0.1) is 0 Å². The van der Waals surface area contributed by atoms with Crippen LogP contribution in [0.5, 0.6) is 0 Å². The number of rotatable bonds is 9. The standard InChI is InChI=1S/C30H33N7O2/c1-3-11-35(12-4-2)29(38)24-17-23-7-6-22(18-27(23)34-28(31)19-24)21-8-9-26-25(16-21)20-33-37(30(26)39)15-14-36-13-5-10-32-36/h5-10,13,16-18,20H,3-4,11-12,14-15,19H2,1-2H3,(H2,31,34). The molecule has 3 heterocycles. The maximum atomic E-state index is 13.3. The van der Waals surface area contributed by atoms with E-state index in [1.165, 1.54) is 4.68 Å². The number of benzene rings is 2. The summed E-state index contributed by atoms with van der Waals surface area (Å²) in [7, 11) is 0. The zero-order chi connectivity index (χ0) is 27.4. The van der Waals surface area contributed by atoms with Crippen LogP contribution in [0.1, 0.15) is 38.7 Å². The second-order valence-electron chi connectivity index (χ2n) is 9.76. The third-order valence-corrected chi connectivity index (χ3v) is 6.83. The summed E-state index contributed by atoms with van der Waals surface area (Å²) in [6, 6.07) is 13.5. The zero-order valence-corrected chi connectivity index (χ0v) is 22.4. The fourth-order valence-electron chi connectivity index (χ4n) is 4.92. The first-order valence-corrected chi connectivity index (χ1v) is 13.4. The molecule has 0 unspecified atom stereocenters. The third-order valence-electron chi connectivity index (χ3n) is 6.83. The van der Waals surface area contributed by atoms with Gasteiger partial charge in [-0.1, -0.05) is 32.0 Å². The molecule has 0 aliphatic carbocycles. The Bertz CT molecular complexity index is 1610. The van der Waals surface area contributed by atoms with Crippen LogP contribution in [0.2, 0.25) is 0 Å². The molecular formula is C30H33N7O2. The van der Waals surface area contributed by atoms with Gasteiger partial charge in [0.15, 0.2) is 0 Å². The Morgan fingerprint density at radius 1 is 1.03 bits per heavy atom. The van der Waals surface area contributed by atoms with Crippen molar-refractivity contribution < 1.29 is 4.79 Å². The number of hydrogen-bond acceptors (Lipinski definition) is 6. The fraction of sp³-hybridized carbons (Fsp3) is 0.300. The number of carbonyl (C=O) groups is 1. The van der Waals surface area contributed by atoms with E-state index in [-0.39, 0.29) is 11.5 Å². The molecule has 9 nitrogen and oxygen atoms in total. The first kappa shape index (κ1) is 26.1. The van der Waals surface area contributed by atoms with Crippen molar-refractivity contribution in [2.45, 2.75) is 46.2 Å². The summed E-state index contributed by atoms with van der Waals surface area (Å²) in [6.45, 7) is 6.60. The summed E-state index contributed by atoms with van der Waals surface area (Å²) < 4.78 is 3.24. The number of carbonyl (C=O) groups excluding carboxylic acids is 1. The van der Waals surface area contributed by atoms with E-state index in [4.69, 9.17) is 5.73 Å². The number of aryl methyl sites for hydroxylation is 2. The molecule has 0 radical (unpaired) electrons. The zero-order valence-electron chi connectivity index (χ0n) is 22.4. The molecule has 5 rings (SSSR count). The van der Waals surface area contributed by atoms with Crippen LogP contribution < -0.4 is 11.3 Å². The van der Waals surface area contributed by atoms with Crippen molar-refractivity contribution in [2.75, 3.05) is 13.1 Å². The molecule has 0 saturated carbocycles. The summed E-state index contributed by atoms with van der Waals surface area (Å²) in [5.74, 6) is 0.433. The molecule has 0 saturated heterocycles. The lowest BCUT2D eigenvalue weighted by molar-refractivity contribution is -0.127. The highest BCUT2D eigenvalue weighted by Crippen LogP contribution is 2.33. The van der Waals surface area contributed by atoms with Crippen LogP contribution in [-0.2, 0) is 17.9 Å². The minimum Gasteiger partial charge on any atom is -0.387 e. The van der Waals surface area contributed by atoms with Gasteiger partial charge in [0.25, 0.3) is 5.56 Å². The van der Waals surface area contributed by atoms with Crippen molar-refractivity contribution in [3.8, 4) is 11.1 Å². The van der Waals surface area contributed by atoms with Crippen LogP contribution >= 0.6 is 0 Å². The average Bonchev–Trinajstić information content (AvgIpc) is 3.40. The van der Waals surface area contributed by atoms with E-state index < -0.39 is 0 Å². The molecule has 200 valence electrons. The van der Waals surface area contributed by atoms with E-state index >= 15 is 0 Å². The van der Waals surface area contributed by atoms with Gasteiger partial charge in [-0.25, -0.2) is 9.67 Å². The maximum absolute atomic E-state index is 13.3. The highest BCUT2D eigenvalue weighted by atomic mass is 16.2. The lowest BCUT2D eigenvalue weighted by Crippen LogP contribution is -2.34. The predicted octanol–water partition coefficient (Wildman–Crippen LogP) is 4.38. The molecular weight excluding hydrogens is 490 g/mol. The van der Waals surface area contributed by atoms with Crippen LogP contribution in [0.25, 0.3) is 28.0 Å². The van der Waals surface area contributed by atoms with E-state index in [0.717, 1.165) is 53.7 Å². The van der Waals surface area contributed by atoms with Crippen LogP contribution in [0.15, 0.2) is 76.4 Å². The van der Waals surface area contributed by atoms with Crippen molar-refractivity contribution in [3.63, 3.8) is 0 Å². The van der Waals surface area contributed by atoms with Gasteiger partial charge in [-0.2, -0.15) is 10.2 Å². The number of aliphatic imine (C=N–C) groups is 1. The number of amidine groups is 1. The number of fused-ring (bicyclic) bond motifs is 2. The van der Waals surface area contributed by atoms with Crippen LogP contribution in [0.4, 0.5) is 5.69 Å². The number of hydrogen-bond donors (Lipinski definition) is 1. The minimum atomic E-state index is -0.131. The van der Waals surface area contributed by atoms with Gasteiger partial charge in [-0.3, -0.25) is 14.3 Å². The molecule has 0 fully saturated rings. The van der Waals surface area contributed by atoms with Crippen molar-refractivity contribution in [3.05, 3.63) is 82.5 Å². The average molecular weight is 524 g/mol. The maximum Gasteiger partial charge on any atom is 0.274 e. The summed E-state index contributed by atoms with van der Waals surface area (Å²) in [4.78, 5) is 32.8. The van der Waals surface area contributed by atoms with Crippen LogP contribution in [0.3, 0.4) is 0 Å². The van der Waals surface area contributed by atoms with Gasteiger partial charge in [0.2, 0.25) is 5.91 Å². The smallest absolute Gasteiger partial charge is 0.274 e. The number of nitrogens with zero attached hydrogens (tertiary/aromatic N) is 6. The topological polar surface area (TPSA) is 111 Å². The summed E-state index contributed by atoms with van der Waals surface area (Å²) >= 11 is 0. The van der Waals surface area contributed by atoms with E-state index in [2.05, 4.69) is 29.0 Å². The van der Waals surface area contributed by atoms with Crippen molar-refractivity contribution in [1.82, 2.24) is 24.5 Å². The SMILES string of the molecule is CCCN(CCC)C(=O)C1=Cc2ccc(-c3ccc4c(=O)n(CCn5cccn5)ncc4c3)cc2N=C(N)C1. The summed E-state index contributed by atoms with van der Waals surface area (Å²) in [6.07, 6.45) is 9.34. The second-order valence-corrected chi connectivity index (χ2v) is 9.76. The molecule has 1 aliphatic heterocycles. The third kappa shape index (κ3) is 5.67. The Balaban J connectivity index is 1.43. The largest absolute Gasteiger partial charge is 0.387 e. The molecule has 0 bridgehead atoms. The highest BCUT2D eigenvalue weighted by Gasteiger charge is 2.21. The summed E-state index contributed by atoms with van der Waals surface area (Å²) in [5.41, 5.74) is 10.3. The first-order chi connectivity index (χ1) is 19.0. The quantitative estimate of drug-likeness (QED) is 0.350. The minimum absolute atomic E-state index is 0.0195. The molecule has 0 atom stereocenters. The first-order valence-electron chi connectivity index (χ1n) is 13.4. The van der Waals surface area contributed by atoms with E-state index in [0.29, 0.717) is 36.3 Å². The number of nitrogens with two attached hydrogens (primary N) is 1. The monoisotopic (exact) mass is 523 g/mol. The summed E-state index contributed by atoms with van der Waals surface area (Å²) in [5, 5.41) is 9.94. The van der Waals surface area contributed by atoms with E-state index in [9.17, 15) is 9.59 Å². The van der Waals surface area contributed by atoms with Gasteiger partial charge >= 0.3 is 0 Å². The number of aromatic nitrogens is 4. The van der Waals surface area contributed by atoms with Crippen molar-refractivity contribution in [2.24, 2.45) is 10.7 Å². The van der Waals surface area contributed by atoms with Crippen molar-refractivity contribution >= 4 is 34.3 Å².